The third kappa shape index (κ3) is 4.31. The van der Waals surface area contributed by atoms with Gasteiger partial charge in [0.05, 0.1) is 0 Å². The van der Waals surface area contributed by atoms with Crippen LogP contribution >= 0.6 is 0 Å². The van der Waals surface area contributed by atoms with E-state index in [1.54, 1.807) is 13.1 Å². The Morgan fingerprint density at radius 1 is 1.25 bits per heavy atom. The fraction of sp³-hybridized carbons (Fsp3) is 0.333. The van der Waals surface area contributed by atoms with Crippen LogP contribution in [0.3, 0.4) is 0 Å². The number of aryl methyl sites for hydroxylation is 2. The maximum Gasteiger partial charge on any atom is 0.219 e. The third-order valence-corrected chi connectivity index (χ3v) is 4.28. The standard InChI is InChI=1S/C21H23NO2/c1-15(12-16(2)23)6-7-17-8-11-21(22-14-17)24-20-10-9-18-4-3-5-19(18)13-20/h6-11,13-15H,3-5,12H2,1-2H3/b7-6+/t15-/m0/s1. The van der Waals surface area contributed by atoms with E-state index in [0.29, 0.717) is 12.3 Å². The van der Waals surface area contributed by atoms with E-state index in [0.717, 1.165) is 17.7 Å². The fourth-order valence-electron chi connectivity index (χ4n) is 3.08. The van der Waals surface area contributed by atoms with Crippen LogP contribution in [0.4, 0.5) is 0 Å². The molecule has 0 amide bonds. The highest BCUT2D eigenvalue weighted by Crippen LogP contribution is 2.28. The van der Waals surface area contributed by atoms with E-state index in [-0.39, 0.29) is 11.7 Å². The molecule has 0 aliphatic heterocycles. The molecule has 0 fully saturated rings. The number of carbonyl (C=O) groups excluding carboxylic acids is 1. The smallest absolute Gasteiger partial charge is 0.219 e. The summed E-state index contributed by atoms with van der Waals surface area (Å²) in [6.07, 6.45) is 9.96. The lowest BCUT2D eigenvalue weighted by molar-refractivity contribution is -0.117. The zero-order valence-electron chi connectivity index (χ0n) is 14.3. The second kappa shape index (κ2) is 7.43. The molecule has 0 bridgehead atoms. The molecule has 24 heavy (non-hydrogen) atoms. The molecule has 3 heteroatoms. The lowest BCUT2D eigenvalue weighted by Crippen LogP contribution is -1.97. The highest BCUT2D eigenvalue weighted by atomic mass is 16.5. The second-order valence-corrected chi connectivity index (χ2v) is 6.56. The minimum Gasteiger partial charge on any atom is -0.439 e. The molecule has 1 aliphatic carbocycles. The number of carbonyl (C=O) groups is 1. The highest BCUT2D eigenvalue weighted by molar-refractivity contribution is 5.76. The van der Waals surface area contributed by atoms with Gasteiger partial charge in [-0.3, -0.25) is 0 Å². The van der Waals surface area contributed by atoms with Gasteiger partial charge in [0.15, 0.2) is 0 Å². The molecule has 3 rings (SSSR count). The van der Waals surface area contributed by atoms with Crippen LogP contribution in [0, 0.1) is 5.92 Å². The number of ether oxygens (including phenoxy) is 1. The number of fused-ring (bicyclic) bond motifs is 1. The van der Waals surface area contributed by atoms with Gasteiger partial charge in [0, 0.05) is 18.7 Å². The first-order chi connectivity index (χ1) is 11.6. The quantitative estimate of drug-likeness (QED) is 0.752. The van der Waals surface area contributed by atoms with Crippen LogP contribution in [-0.2, 0) is 17.6 Å². The molecule has 0 N–H and O–H groups in total. The zero-order chi connectivity index (χ0) is 16.9. The van der Waals surface area contributed by atoms with E-state index in [9.17, 15) is 4.79 Å². The van der Waals surface area contributed by atoms with Crippen molar-refractivity contribution in [3.05, 3.63) is 59.3 Å². The van der Waals surface area contributed by atoms with Crippen molar-refractivity contribution in [1.29, 1.82) is 0 Å². The molecule has 0 unspecified atom stereocenters. The molecule has 0 radical (unpaired) electrons. The molecular weight excluding hydrogens is 298 g/mol. The van der Waals surface area contributed by atoms with Gasteiger partial charge >= 0.3 is 0 Å². The number of benzene rings is 1. The molecule has 1 aromatic heterocycles. The first-order valence-electron chi connectivity index (χ1n) is 8.53. The Morgan fingerprint density at radius 3 is 2.83 bits per heavy atom. The molecule has 3 nitrogen and oxygen atoms in total. The molecule has 124 valence electrons. The van der Waals surface area contributed by atoms with Crippen molar-refractivity contribution in [1.82, 2.24) is 4.98 Å². The molecule has 1 aromatic carbocycles. The summed E-state index contributed by atoms with van der Waals surface area (Å²) in [5.74, 6) is 1.90. The molecule has 0 saturated heterocycles. The van der Waals surface area contributed by atoms with E-state index in [4.69, 9.17) is 4.74 Å². The summed E-state index contributed by atoms with van der Waals surface area (Å²) < 4.78 is 5.86. The van der Waals surface area contributed by atoms with Gasteiger partial charge in [0.1, 0.15) is 11.5 Å². The number of rotatable bonds is 6. The SMILES string of the molecule is CC(=O)C[C@@H](C)/C=C/c1ccc(Oc2ccc3c(c2)CCC3)nc1. The summed E-state index contributed by atoms with van der Waals surface area (Å²) >= 11 is 0. The Labute approximate surface area is 143 Å². The van der Waals surface area contributed by atoms with Crippen molar-refractivity contribution in [3.8, 4) is 11.6 Å². The van der Waals surface area contributed by atoms with Crippen molar-refractivity contribution in [3.63, 3.8) is 0 Å². The molecule has 0 spiro atoms. The average Bonchev–Trinajstić information content (AvgIpc) is 3.01. The van der Waals surface area contributed by atoms with Gasteiger partial charge in [-0.2, -0.15) is 0 Å². The number of Topliss-reactive ketones (excluding diaryl/α,β-unsaturated/α-hetero) is 1. The Balaban J connectivity index is 1.62. The lowest BCUT2D eigenvalue weighted by Gasteiger charge is -2.07. The van der Waals surface area contributed by atoms with Gasteiger partial charge in [0.25, 0.3) is 0 Å². The largest absolute Gasteiger partial charge is 0.439 e. The maximum atomic E-state index is 11.1. The highest BCUT2D eigenvalue weighted by Gasteiger charge is 2.11. The Bertz CT molecular complexity index is 747. The van der Waals surface area contributed by atoms with Crippen LogP contribution in [0.5, 0.6) is 11.6 Å². The number of hydrogen-bond acceptors (Lipinski definition) is 3. The van der Waals surface area contributed by atoms with Gasteiger partial charge in [-0.25, -0.2) is 4.98 Å². The van der Waals surface area contributed by atoms with Gasteiger partial charge in [-0.1, -0.05) is 25.1 Å². The predicted molar refractivity (Wildman–Crippen MR) is 96.3 cm³/mol. The lowest BCUT2D eigenvalue weighted by atomic mass is 10.0. The van der Waals surface area contributed by atoms with Crippen LogP contribution in [0.15, 0.2) is 42.6 Å². The monoisotopic (exact) mass is 321 g/mol. The van der Waals surface area contributed by atoms with Crippen molar-refractivity contribution < 1.29 is 9.53 Å². The number of pyridine rings is 1. The van der Waals surface area contributed by atoms with Crippen molar-refractivity contribution in [2.24, 2.45) is 5.92 Å². The van der Waals surface area contributed by atoms with Crippen LogP contribution < -0.4 is 4.74 Å². The maximum absolute atomic E-state index is 11.1. The normalized spacial score (nSPS) is 14.6. The number of hydrogen-bond donors (Lipinski definition) is 0. The van der Waals surface area contributed by atoms with Crippen LogP contribution in [0.25, 0.3) is 6.08 Å². The van der Waals surface area contributed by atoms with E-state index in [1.807, 2.05) is 37.3 Å². The van der Waals surface area contributed by atoms with Gasteiger partial charge < -0.3 is 9.53 Å². The second-order valence-electron chi connectivity index (χ2n) is 6.56. The summed E-state index contributed by atoms with van der Waals surface area (Å²) in [6, 6.07) is 10.2. The molecule has 1 atom stereocenters. The number of ketones is 1. The van der Waals surface area contributed by atoms with Gasteiger partial charge in [-0.15, -0.1) is 0 Å². The van der Waals surface area contributed by atoms with E-state index in [1.165, 1.54) is 24.0 Å². The van der Waals surface area contributed by atoms with E-state index >= 15 is 0 Å². The predicted octanol–water partition coefficient (Wildman–Crippen LogP) is 4.99. The zero-order valence-corrected chi connectivity index (χ0v) is 14.3. The van der Waals surface area contributed by atoms with E-state index < -0.39 is 0 Å². The fourth-order valence-corrected chi connectivity index (χ4v) is 3.08. The summed E-state index contributed by atoms with van der Waals surface area (Å²) in [6.45, 7) is 3.66. The number of aromatic nitrogens is 1. The first kappa shape index (κ1) is 16.4. The molecule has 0 saturated carbocycles. The van der Waals surface area contributed by atoms with Crippen molar-refractivity contribution in [2.75, 3.05) is 0 Å². The Kier molecular flexibility index (Phi) is 5.09. The number of nitrogens with zero attached hydrogens (tertiary/aromatic N) is 1. The Morgan fingerprint density at radius 2 is 2.08 bits per heavy atom. The third-order valence-electron chi connectivity index (χ3n) is 4.28. The summed E-state index contributed by atoms with van der Waals surface area (Å²) in [7, 11) is 0. The van der Waals surface area contributed by atoms with E-state index in [2.05, 4.69) is 17.1 Å². The van der Waals surface area contributed by atoms with Crippen molar-refractivity contribution in [2.45, 2.75) is 39.5 Å². The Hall–Kier alpha value is -2.42. The minimum absolute atomic E-state index is 0.211. The molecule has 2 aromatic rings. The first-order valence-corrected chi connectivity index (χ1v) is 8.53. The number of allylic oxidation sites excluding steroid dienone is 1. The molecular formula is C21H23NO2. The minimum atomic E-state index is 0.211. The molecule has 1 heterocycles. The summed E-state index contributed by atoms with van der Waals surface area (Å²) in [5.41, 5.74) is 3.84. The van der Waals surface area contributed by atoms with Gasteiger partial charge in [0.2, 0.25) is 5.88 Å². The van der Waals surface area contributed by atoms with Crippen molar-refractivity contribution >= 4 is 11.9 Å². The topological polar surface area (TPSA) is 39.2 Å². The average molecular weight is 321 g/mol. The van der Waals surface area contributed by atoms with Crippen LogP contribution in [0.1, 0.15) is 43.4 Å². The van der Waals surface area contributed by atoms with Gasteiger partial charge in [-0.05, 0) is 67.0 Å². The van der Waals surface area contributed by atoms with Crippen LogP contribution in [0.2, 0.25) is 0 Å². The summed E-state index contributed by atoms with van der Waals surface area (Å²) in [5, 5.41) is 0. The molecule has 1 aliphatic rings. The van der Waals surface area contributed by atoms with Crippen LogP contribution in [-0.4, -0.2) is 10.8 Å². The summed E-state index contributed by atoms with van der Waals surface area (Å²) in [4.78, 5) is 15.5.